The Morgan fingerprint density at radius 1 is 0.407 bits per heavy atom. The third kappa shape index (κ3) is 5.81. The predicted octanol–water partition coefficient (Wildman–Crippen LogP) is 14.9. The van der Waals surface area contributed by atoms with Crippen molar-refractivity contribution in [3.63, 3.8) is 0 Å². The van der Waals surface area contributed by atoms with Crippen LogP contribution in [-0.2, 0) is 10.8 Å². The molecule has 1 aliphatic carbocycles. The molecule has 0 amide bonds. The van der Waals surface area contributed by atoms with E-state index in [1.54, 1.807) is 0 Å². The lowest BCUT2D eigenvalue weighted by atomic mass is 9.82. The van der Waals surface area contributed by atoms with Crippen LogP contribution < -0.4 is 4.90 Å². The summed E-state index contributed by atoms with van der Waals surface area (Å²) >= 11 is 0. The molecular weight excluding hydrogens is 651 g/mol. The maximum absolute atomic E-state index is 2.47. The van der Waals surface area contributed by atoms with Crippen LogP contribution in [0.15, 0.2) is 182 Å². The summed E-state index contributed by atoms with van der Waals surface area (Å²) in [5, 5.41) is 2.54. The third-order valence-electron chi connectivity index (χ3n) is 11.4. The van der Waals surface area contributed by atoms with E-state index >= 15 is 0 Å². The lowest BCUT2D eigenvalue weighted by molar-refractivity contribution is 0.591. The summed E-state index contributed by atoms with van der Waals surface area (Å²) in [4.78, 5) is 2.47. The maximum Gasteiger partial charge on any atom is 0.0499 e. The molecule has 0 radical (unpaired) electrons. The lowest BCUT2D eigenvalue weighted by Gasteiger charge is -2.33. The van der Waals surface area contributed by atoms with Crippen molar-refractivity contribution in [1.29, 1.82) is 0 Å². The molecule has 54 heavy (non-hydrogen) atoms. The zero-order chi connectivity index (χ0) is 37.0. The minimum Gasteiger partial charge on any atom is -0.310 e. The van der Waals surface area contributed by atoms with E-state index in [1.165, 1.54) is 83.3 Å². The Morgan fingerprint density at radius 3 is 1.74 bits per heavy atom. The maximum atomic E-state index is 2.47. The topological polar surface area (TPSA) is 3.24 Å². The number of hydrogen-bond donors (Lipinski definition) is 0. The van der Waals surface area contributed by atoms with Gasteiger partial charge in [0.1, 0.15) is 0 Å². The molecule has 0 saturated heterocycles. The molecule has 0 fully saturated rings. The molecule has 9 rings (SSSR count). The molecule has 0 heterocycles. The Balaban J connectivity index is 1.16. The molecule has 1 nitrogen and oxygen atoms in total. The summed E-state index contributed by atoms with van der Waals surface area (Å²) in [6.45, 7) is 11.7. The van der Waals surface area contributed by atoms with Crippen LogP contribution in [0.2, 0.25) is 0 Å². The third-order valence-corrected chi connectivity index (χ3v) is 11.4. The van der Waals surface area contributed by atoms with Gasteiger partial charge in [0, 0.05) is 22.5 Å². The number of hydrogen-bond acceptors (Lipinski definition) is 1. The van der Waals surface area contributed by atoms with Crippen molar-refractivity contribution in [2.75, 3.05) is 4.90 Å². The van der Waals surface area contributed by atoms with E-state index in [0.717, 1.165) is 5.69 Å². The number of fused-ring (bicyclic) bond motifs is 4. The molecule has 0 saturated carbocycles. The first-order valence-corrected chi connectivity index (χ1v) is 19.1. The van der Waals surface area contributed by atoms with Crippen molar-refractivity contribution < 1.29 is 0 Å². The minimum atomic E-state index is -0.122. The van der Waals surface area contributed by atoms with Gasteiger partial charge in [-0.15, -0.1) is 0 Å². The minimum absolute atomic E-state index is 0.0975. The summed E-state index contributed by atoms with van der Waals surface area (Å²) in [5.41, 5.74) is 17.4. The predicted molar refractivity (Wildman–Crippen MR) is 231 cm³/mol. The monoisotopic (exact) mass is 695 g/mol. The van der Waals surface area contributed by atoms with Crippen molar-refractivity contribution in [1.82, 2.24) is 0 Å². The highest BCUT2D eigenvalue weighted by Gasteiger charge is 2.36. The summed E-state index contributed by atoms with van der Waals surface area (Å²) < 4.78 is 0. The van der Waals surface area contributed by atoms with Gasteiger partial charge in [-0.05, 0) is 114 Å². The first-order valence-electron chi connectivity index (χ1n) is 19.1. The SMILES string of the molecule is CC(C)(C)c1cc(-c2ccc(-c3cccc4ccccc34)cc2)ccc1N(c1ccc(-c2ccccc2)cc1)c1ccc2c(c1)C(C)(C)c1ccccc1-2. The van der Waals surface area contributed by atoms with E-state index in [4.69, 9.17) is 0 Å². The van der Waals surface area contributed by atoms with Crippen molar-refractivity contribution in [3.05, 3.63) is 199 Å². The molecule has 0 aromatic heterocycles. The standard InChI is InChI=1S/C53H45N/c1-52(2,3)50-34-41(38-22-24-40(25-23-38)45-20-13-17-39-16-9-10-18-44(39)45)28-33-51(50)54(42-29-26-37(27-30-42)36-14-7-6-8-15-36)43-31-32-47-46-19-11-12-21-48(46)53(4,5)49(47)35-43/h6-35H,1-5H3. The lowest BCUT2D eigenvalue weighted by Crippen LogP contribution is -2.20. The van der Waals surface area contributed by atoms with Gasteiger partial charge in [0.05, 0.1) is 0 Å². The number of rotatable bonds is 6. The van der Waals surface area contributed by atoms with E-state index < -0.39 is 0 Å². The van der Waals surface area contributed by atoms with Gasteiger partial charge in [-0.25, -0.2) is 0 Å². The fourth-order valence-corrected chi connectivity index (χ4v) is 8.52. The summed E-state index contributed by atoms with van der Waals surface area (Å²) in [6, 6.07) is 67.1. The molecule has 0 atom stereocenters. The first kappa shape index (κ1) is 33.6. The van der Waals surface area contributed by atoms with Crippen LogP contribution in [0.3, 0.4) is 0 Å². The highest BCUT2D eigenvalue weighted by Crippen LogP contribution is 2.51. The zero-order valence-electron chi connectivity index (χ0n) is 31.8. The average Bonchev–Trinajstić information content (AvgIpc) is 3.43. The van der Waals surface area contributed by atoms with E-state index in [2.05, 4.69) is 222 Å². The normalized spacial score (nSPS) is 13.1. The van der Waals surface area contributed by atoms with Gasteiger partial charge in [0.2, 0.25) is 0 Å². The van der Waals surface area contributed by atoms with E-state index in [0.29, 0.717) is 0 Å². The fourth-order valence-electron chi connectivity index (χ4n) is 8.52. The van der Waals surface area contributed by atoms with Gasteiger partial charge in [0.15, 0.2) is 0 Å². The molecule has 0 unspecified atom stereocenters. The van der Waals surface area contributed by atoms with Crippen molar-refractivity contribution in [3.8, 4) is 44.5 Å². The van der Waals surface area contributed by atoms with Crippen LogP contribution in [0.5, 0.6) is 0 Å². The Hall–Kier alpha value is -6.18. The van der Waals surface area contributed by atoms with Gasteiger partial charge < -0.3 is 4.90 Å². The van der Waals surface area contributed by atoms with Crippen LogP contribution in [0, 0.1) is 0 Å². The largest absolute Gasteiger partial charge is 0.310 e. The molecule has 0 N–H and O–H groups in total. The van der Waals surface area contributed by atoms with Gasteiger partial charge in [-0.1, -0.05) is 180 Å². The molecule has 0 aliphatic heterocycles. The van der Waals surface area contributed by atoms with Crippen LogP contribution in [0.1, 0.15) is 51.3 Å². The summed E-state index contributed by atoms with van der Waals surface area (Å²) in [7, 11) is 0. The van der Waals surface area contributed by atoms with Gasteiger partial charge in [-0.3, -0.25) is 0 Å². The number of anilines is 3. The molecular formula is C53H45N. The highest BCUT2D eigenvalue weighted by atomic mass is 15.1. The molecule has 1 heteroatoms. The van der Waals surface area contributed by atoms with Crippen LogP contribution in [0.4, 0.5) is 17.1 Å². The Morgan fingerprint density at radius 2 is 0.963 bits per heavy atom. The number of benzene rings is 8. The number of nitrogens with zero attached hydrogens (tertiary/aromatic N) is 1. The van der Waals surface area contributed by atoms with E-state index in [1.807, 2.05) is 0 Å². The van der Waals surface area contributed by atoms with Crippen molar-refractivity contribution in [2.45, 2.75) is 45.4 Å². The molecule has 8 aromatic carbocycles. The van der Waals surface area contributed by atoms with E-state index in [-0.39, 0.29) is 10.8 Å². The molecule has 1 aliphatic rings. The van der Waals surface area contributed by atoms with E-state index in [9.17, 15) is 0 Å². The Labute approximate surface area is 320 Å². The Kier molecular flexibility index (Phi) is 8.12. The highest BCUT2D eigenvalue weighted by molar-refractivity contribution is 5.97. The molecule has 0 bridgehead atoms. The molecule has 8 aromatic rings. The summed E-state index contributed by atoms with van der Waals surface area (Å²) in [6.07, 6.45) is 0. The van der Waals surface area contributed by atoms with Crippen molar-refractivity contribution in [2.24, 2.45) is 0 Å². The van der Waals surface area contributed by atoms with Crippen LogP contribution in [0.25, 0.3) is 55.3 Å². The molecule has 262 valence electrons. The zero-order valence-corrected chi connectivity index (χ0v) is 31.8. The average molecular weight is 696 g/mol. The smallest absolute Gasteiger partial charge is 0.0499 e. The Bertz CT molecular complexity index is 2630. The quantitative estimate of drug-likeness (QED) is 0.167. The van der Waals surface area contributed by atoms with Crippen LogP contribution >= 0.6 is 0 Å². The van der Waals surface area contributed by atoms with Crippen molar-refractivity contribution >= 4 is 27.8 Å². The fraction of sp³-hybridized carbons (Fsp3) is 0.132. The van der Waals surface area contributed by atoms with Crippen LogP contribution in [-0.4, -0.2) is 0 Å². The second kappa shape index (κ2) is 13.0. The van der Waals surface area contributed by atoms with Gasteiger partial charge >= 0.3 is 0 Å². The second-order valence-electron chi connectivity index (χ2n) is 16.2. The van der Waals surface area contributed by atoms with Gasteiger partial charge in [0.25, 0.3) is 0 Å². The first-order chi connectivity index (χ1) is 26.2. The summed E-state index contributed by atoms with van der Waals surface area (Å²) in [5.74, 6) is 0. The molecule has 0 spiro atoms. The van der Waals surface area contributed by atoms with Gasteiger partial charge in [-0.2, -0.15) is 0 Å². The second-order valence-corrected chi connectivity index (χ2v) is 16.2.